The van der Waals surface area contributed by atoms with Crippen molar-refractivity contribution in [3.05, 3.63) is 23.7 Å². The molecule has 2 heterocycles. The summed E-state index contributed by atoms with van der Waals surface area (Å²) in [6.45, 7) is 4.01. The molecule has 0 amide bonds. The summed E-state index contributed by atoms with van der Waals surface area (Å²) in [5.74, 6) is -0.0235. The highest BCUT2D eigenvalue weighted by atomic mass is 32.1. The van der Waals surface area contributed by atoms with E-state index in [0.29, 0.717) is 13.0 Å². The fourth-order valence-electron chi connectivity index (χ4n) is 1.67. The van der Waals surface area contributed by atoms with Crippen LogP contribution in [0.4, 0.5) is 5.82 Å². The first-order valence-corrected chi connectivity index (χ1v) is 6.74. The summed E-state index contributed by atoms with van der Waals surface area (Å²) in [7, 11) is 0. The van der Waals surface area contributed by atoms with Crippen LogP contribution in [-0.2, 0) is 4.79 Å². The Morgan fingerprint density at radius 2 is 2.33 bits per heavy atom. The molecule has 1 atom stereocenters. The van der Waals surface area contributed by atoms with Crippen LogP contribution in [0.15, 0.2) is 23.7 Å². The van der Waals surface area contributed by atoms with Gasteiger partial charge >= 0.3 is 5.97 Å². The van der Waals surface area contributed by atoms with Gasteiger partial charge in [0.1, 0.15) is 5.82 Å². The minimum absolute atomic E-state index is 0.376. The molecule has 0 radical (unpaired) electrons. The van der Waals surface area contributed by atoms with Crippen molar-refractivity contribution in [3.63, 3.8) is 0 Å². The van der Waals surface area contributed by atoms with Gasteiger partial charge in [-0.3, -0.25) is 4.79 Å². The molecule has 0 fully saturated rings. The average molecular weight is 264 g/mol. The van der Waals surface area contributed by atoms with Gasteiger partial charge in [0.05, 0.1) is 5.41 Å². The second-order valence-corrected chi connectivity index (χ2v) is 5.51. The molecule has 0 aromatic carbocycles. The van der Waals surface area contributed by atoms with E-state index in [1.54, 1.807) is 24.5 Å². The Bertz CT molecular complexity index is 567. The van der Waals surface area contributed by atoms with Crippen molar-refractivity contribution in [2.24, 2.45) is 5.41 Å². The lowest BCUT2D eigenvalue weighted by Gasteiger charge is -2.23. The third-order valence-electron chi connectivity index (χ3n) is 3.32. The predicted molar refractivity (Wildman–Crippen MR) is 74.1 cm³/mol. The van der Waals surface area contributed by atoms with Gasteiger partial charge in [0.25, 0.3) is 0 Å². The molecule has 1 unspecified atom stereocenters. The molecule has 0 aliphatic carbocycles. The molecule has 0 bridgehead atoms. The zero-order chi connectivity index (χ0) is 13.2. The molecule has 18 heavy (non-hydrogen) atoms. The SMILES string of the molecule is CCC(C)(CNc1nccc2sccc12)C(=O)O. The van der Waals surface area contributed by atoms with Crippen LogP contribution in [0.5, 0.6) is 0 Å². The van der Waals surface area contributed by atoms with Gasteiger partial charge in [-0.05, 0) is 30.9 Å². The molecule has 2 rings (SSSR count). The van der Waals surface area contributed by atoms with Gasteiger partial charge in [0.15, 0.2) is 0 Å². The number of aromatic nitrogens is 1. The lowest BCUT2D eigenvalue weighted by atomic mass is 9.88. The maximum atomic E-state index is 11.2. The van der Waals surface area contributed by atoms with Crippen LogP contribution in [0.1, 0.15) is 20.3 Å². The quantitative estimate of drug-likeness (QED) is 0.870. The van der Waals surface area contributed by atoms with Crippen molar-refractivity contribution in [3.8, 4) is 0 Å². The molecule has 0 saturated heterocycles. The van der Waals surface area contributed by atoms with Crippen molar-refractivity contribution in [1.29, 1.82) is 0 Å². The first-order valence-electron chi connectivity index (χ1n) is 5.86. The van der Waals surface area contributed by atoms with Crippen LogP contribution in [0.2, 0.25) is 0 Å². The summed E-state index contributed by atoms with van der Waals surface area (Å²) in [6.07, 6.45) is 2.32. The van der Waals surface area contributed by atoms with Crippen molar-refractivity contribution in [2.75, 3.05) is 11.9 Å². The summed E-state index contributed by atoms with van der Waals surface area (Å²) in [5, 5.41) is 15.4. The van der Waals surface area contributed by atoms with E-state index in [0.717, 1.165) is 15.9 Å². The standard InChI is InChI=1S/C13H16N2O2S/c1-3-13(2,12(16)17)8-15-11-9-5-7-18-10(9)4-6-14-11/h4-7H,3,8H2,1-2H3,(H,14,15)(H,16,17). The zero-order valence-corrected chi connectivity index (χ0v) is 11.3. The second kappa shape index (κ2) is 4.94. The highest BCUT2D eigenvalue weighted by molar-refractivity contribution is 7.17. The molecule has 96 valence electrons. The first kappa shape index (κ1) is 12.8. The van der Waals surface area contributed by atoms with Crippen molar-refractivity contribution in [2.45, 2.75) is 20.3 Å². The van der Waals surface area contributed by atoms with E-state index >= 15 is 0 Å². The summed E-state index contributed by atoms with van der Waals surface area (Å²) >= 11 is 1.65. The normalized spacial score (nSPS) is 14.3. The number of hydrogen-bond acceptors (Lipinski definition) is 4. The second-order valence-electron chi connectivity index (χ2n) is 4.56. The number of aliphatic carboxylic acids is 1. The van der Waals surface area contributed by atoms with Crippen molar-refractivity contribution >= 4 is 33.2 Å². The van der Waals surface area contributed by atoms with E-state index in [9.17, 15) is 9.90 Å². The number of carboxylic acid groups (broad SMARTS) is 1. The fraction of sp³-hybridized carbons (Fsp3) is 0.385. The number of thiophene rings is 1. The lowest BCUT2D eigenvalue weighted by Crippen LogP contribution is -2.34. The molecule has 5 heteroatoms. The van der Waals surface area contributed by atoms with Crippen LogP contribution in [-0.4, -0.2) is 22.6 Å². The van der Waals surface area contributed by atoms with Gasteiger partial charge in [-0.2, -0.15) is 0 Å². The first-order chi connectivity index (χ1) is 8.57. The molecular formula is C13H16N2O2S. The number of rotatable bonds is 5. The fourth-order valence-corrected chi connectivity index (χ4v) is 2.45. The Morgan fingerprint density at radius 1 is 1.56 bits per heavy atom. The minimum atomic E-state index is -0.782. The number of hydrogen-bond donors (Lipinski definition) is 2. The third kappa shape index (κ3) is 2.31. The van der Waals surface area contributed by atoms with Gasteiger partial charge < -0.3 is 10.4 Å². The number of nitrogens with zero attached hydrogens (tertiary/aromatic N) is 1. The maximum Gasteiger partial charge on any atom is 0.311 e. The molecule has 0 spiro atoms. The largest absolute Gasteiger partial charge is 0.481 e. The third-order valence-corrected chi connectivity index (χ3v) is 4.20. The predicted octanol–water partition coefficient (Wildman–Crippen LogP) is 3.21. The Morgan fingerprint density at radius 3 is 3.00 bits per heavy atom. The number of pyridine rings is 1. The lowest BCUT2D eigenvalue weighted by molar-refractivity contribution is -0.147. The topological polar surface area (TPSA) is 62.2 Å². The molecule has 2 aromatic heterocycles. The molecular weight excluding hydrogens is 248 g/mol. The van der Waals surface area contributed by atoms with Crippen LogP contribution < -0.4 is 5.32 Å². The summed E-state index contributed by atoms with van der Waals surface area (Å²) in [5.41, 5.74) is -0.764. The van der Waals surface area contributed by atoms with Crippen LogP contribution in [0, 0.1) is 5.41 Å². The van der Waals surface area contributed by atoms with E-state index in [2.05, 4.69) is 10.3 Å². The van der Waals surface area contributed by atoms with Crippen molar-refractivity contribution in [1.82, 2.24) is 4.98 Å². The summed E-state index contributed by atoms with van der Waals surface area (Å²) in [6, 6.07) is 3.96. The van der Waals surface area contributed by atoms with E-state index in [4.69, 9.17) is 0 Å². The van der Waals surface area contributed by atoms with E-state index in [-0.39, 0.29) is 0 Å². The van der Waals surface area contributed by atoms with E-state index in [1.807, 2.05) is 24.4 Å². The molecule has 0 aliphatic rings. The molecule has 2 aromatic rings. The Hall–Kier alpha value is -1.62. The van der Waals surface area contributed by atoms with Crippen LogP contribution >= 0.6 is 11.3 Å². The minimum Gasteiger partial charge on any atom is -0.481 e. The number of carboxylic acids is 1. The summed E-state index contributed by atoms with van der Waals surface area (Å²) < 4.78 is 1.15. The Kier molecular flexibility index (Phi) is 3.52. The van der Waals surface area contributed by atoms with Gasteiger partial charge in [0, 0.05) is 22.8 Å². The van der Waals surface area contributed by atoms with E-state index in [1.165, 1.54) is 0 Å². The van der Waals surface area contributed by atoms with Gasteiger partial charge in [0.2, 0.25) is 0 Å². The molecule has 0 saturated carbocycles. The Balaban J connectivity index is 2.20. The smallest absolute Gasteiger partial charge is 0.311 e. The van der Waals surface area contributed by atoms with Crippen LogP contribution in [0.3, 0.4) is 0 Å². The monoisotopic (exact) mass is 264 g/mol. The van der Waals surface area contributed by atoms with Crippen LogP contribution in [0.25, 0.3) is 10.1 Å². The molecule has 0 aliphatic heterocycles. The summed E-state index contributed by atoms with van der Waals surface area (Å²) in [4.78, 5) is 15.5. The number of carbonyl (C=O) groups is 1. The number of nitrogens with one attached hydrogen (secondary N) is 1. The zero-order valence-electron chi connectivity index (χ0n) is 10.4. The number of anilines is 1. The average Bonchev–Trinajstić information content (AvgIpc) is 2.84. The highest BCUT2D eigenvalue weighted by Crippen LogP contribution is 2.28. The van der Waals surface area contributed by atoms with Gasteiger partial charge in [-0.15, -0.1) is 11.3 Å². The van der Waals surface area contributed by atoms with E-state index < -0.39 is 11.4 Å². The molecule has 4 nitrogen and oxygen atoms in total. The van der Waals surface area contributed by atoms with Crippen molar-refractivity contribution < 1.29 is 9.90 Å². The van der Waals surface area contributed by atoms with Gasteiger partial charge in [-0.1, -0.05) is 6.92 Å². The van der Waals surface area contributed by atoms with Gasteiger partial charge in [-0.25, -0.2) is 4.98 Å². The number of fused-ring (bicyclic) bond motifs is 1. The Labute approximate surface area is 110 Å². The highest BCUT2D eigenvalue weighted by Gasteiger charge is 2.31. The maximum absolute atomic E-state index is 11.2. The molecule has 2 N–H and O–H groups in total.